The Bertz CT molecular complexity index is 253. The van der Waals surface area contributed by atoms with E-state index in [0.29, 0.717) is 6.54 Å². The maximum Gasteiger partial charge on any atom is 0.233 e. The first-order valence-corrected chi connectivity index (χ1v) is 6.11. The predicted molar refractivity (Wildman–Crippen MR) is 57.1 cm³/mol. The van der Waals surface area contributed by atoms with Gasteiger partial charge in [-0.1, -0.05) is 26.2 Å². The fourth-order valence-electron chi connectivity index (χ4n) is 2.52. The molecule has 84 valence electrons. The second kappa shape index (κ2) is 4.33. The van der Waals surface area contributed by atoms with E-state index in [-0.39, 0.29) is 23.7 Å². The Balaban J connectivity index is 1.81. The minimum atomic E-state index is 0.0590. The third-order valence-electron chi connectivity index (χ3n) is 3.68. The first-order chi connectivity index (χ1) is 7.25. The Morgan fingerprint density at radius 2 is 1.67 bits per heavy atom. The summed E-state index contributed by atoms with van der Waals surface area (Å²) in [6.45, 7) is 2.82. The quantitative estimate of drug-likeness (QED) is 0.512. The van der Waals surface area contributed by atoms with Gasteiger partial charge in [0.2, 0.25) is 11.8 Å². The zero-order valence-corrected chi connectivity index (χ0v) is 9.37. The summed E-state index contributed by atoms with van der Waals surface area (Å²) in [5.74, 6) is 0.327. The van der Waals surface area contributed by atoms with Crippen molar-refractivity contribution in [3.63, 3.8) is 0 Å². The number of carbonyl (C=O) groups is 2. The van der Waals surface area contributed by atoms with Crippen molar-refractivity contribution in [1.29, 1.82) is 0 Å². The van der Waals surface area contributed by atoms with Crippen molar-refractivity contribution < 1.29 is 9.59 Å². The lowest BCUT2D eigenvalue weighted by Gasteiger charge is -2.24. The number of unbranched alkanes of at least 4 members (excludes halogenated alkanes) is 3. The minimum Gasteiger partial charge on any atom is -0.282 e. The summed E-state index contributed by atoms with van der Waals surface area (Å²) >= 11 is 0. The van der Waals surface area contributed by atoms with Crippen molar-refractivity contribution in [2.24, 2.45) is 11.8 Å². The molecule has 2 amide bonds. The number of hydrogen-bond donors (Lipinski definition) is 0. The van der Waals surface area contributed by atoms with Gasteiger partial charge < -0.3 is 0 Å². The zero-order chi connectivity index (χ0) is 10.8. The van der Waals surface area contributed by atoms with Crippen LogP contribution in [0.5, 0.6) is 0 Å². The summed E-state index contributed by atoms with van der Waals surface area (Å²) in [6, 6.07) is 0. The van der Waals surface area contributed by atoms with E-state index in [1.54, 1.807) is 0 Å². The Morgan fingerprint density at radius 1 is 1.07 bits per heavy atom. The van der Waals surface area contributed by atoms with Crippen LogP contribution in [0.15, 0.2) is 0 Å². The van der Waals surface area contributed by atoms with Gasteiger partial charge in [-0.3, -0.25) is 14.5 Å². The van der Waals surface area contributed by atoms with Crippen molar-refractivity contribution in [3.05, 3.63) is 0 Å². The maximum atomic E-state index is 11.7. The molecule has 1 aliphatic carbocycles. The van der Waals surface area contributed by atoms with Crippen LogP contribution in [0.2, 0.25) is 0 Å². The van der Waals surface area contributed by atoms with Crippen molar-refractivity contribution in [3.8, 4) is 0 Å². The maximum absolute atomic E-state index is 11.7. The van der Waals surface area contributed by atoms with Gasteiger partial charge in [0.05, 0.1) is 11.8 Å². The summed E-state index contributed by atoms with van der Waals surface area (Å²) in [7, 11) is 0. The molecular formula is C12H19NO2. The normalized spacial score (nSPS) is 29.3. The second-order valence-corrected chi connectivity index (χ2v) is 4.68. The third-order valence-corrected chi connectivity index (χ3v) is 3.68. The number of rotatable bonds is 5. The van der Waals surface area contributed by atoms with Crippen LogP contribution in [0.1, 0.15) is 45.4 Å². The van der Waals surface area contributed by atoms with E-state index in [0.717, 1.165) is 25.7 Å². The van der Waals surface area contributed by atoms with E-state index in [4.69, 9.17) is 0 Å². The van der Waals surface area contributed by atoms with Gasteiger partial charge in [0.1, 0.15) is 0 Å². The van der Waals surface area contributed by atoms with Gasteiger partial charge in [0.15, 0.2) is 0 Å². The van der Waals surface area contributed by atoms with Gasteiger partial charge in [-0.25, -0.2) is 0 Å². The van der Waals surface area contributed by atoms with Crippen LogP contribution in [0.3, 0.4) is 0 Å². The highest BCUT2D eigenvalue weighted by Crippen LogP contribution is 2.42. The molecule has 3 heteroatoms. The van der Waals surface area contributed by atoms with E-state index in [2.05, 4.69) is 6.92 Å². The molecule has 0 bridgehead atoms. The number of nitrogens with zero attached hydrogens (tertiary/aromatic N) is 1. The molecule has 1 saturated heterocycles. The molecule has 0 N–H and O–H groups in total. The van der Waals surface area contributed by atoms with Gasteiger partial charge >= 0.3 is 0 Å². The van der Waals surface area contributed by atoms with Crippen LogP contribution in [0.4, 0.5) is 0 Å². The standard InChI is InChI=1S/C12H19NO2/c1-2-3-4-5-8-13-11(14)9-6-7-10(9)12(13)15/h9-10H,2-8H2,1H3. The Hall–Kier alpha value is -0.860. The molecule has 1 aliphatic heterocycles. The number of fused-ring (bicyclic) bond motifs is 1. The first-order valence-electron chi connectivity index (χ1n) is 6.11. The molecule has 15 heavy (non-hydrogen) atoms. The van der Waals surface area contributed by atoms with Crippen molar-refractivity contribution in [1.82, 2.24) is 4.90 Å². The molecule has 1 heterocycles. The van der Waals surface area contributed by atoms with Gasteiger partial charge in [-0.15, -0.1) is 0 Å². The number of amides is 2. The predicted octanol–water partition coefficient (Wildman–Crippen LogP) is 1.96. The second-order valence-electron chi connectivity index (χ2n) is 4.68. The lowest BCUT2D eigenvalue weighted by Crippen LogP contribution is -2.31. The summed E-state index contributed by atoms with van der Waals surface area (Å²) in [4.78, 5) is 25.0. The molecule has 2 fully saturated rings. The SMILES string of the molecule is CCCCCCN1C(=O)C2CCC2C1=O. The van der Waals surface area contributed by atoms with Gasteiger partial charge in [-0.2, -0.15) is 0 Å². The van der Waals surface area contributed by atoms with Gasteiger partial charge in [-0.05, 0) is 19.3 Å². The Labute approximate surface area is 90.8 Å². The minimum absolute atomic E-state index is 0.0590. The van der Waals surface area contributed by atoms with E-state index in [1.165, 1.54) is 17.7 Å². The summed E-state index contributed by atoms with van der Waals surface area (Å²) < 4.78 is 0. The van der Waals surface area contributed by atoms with Crippen molar-refractivity contribution in [2.75, 3.05) is 6.54 Å². The number of hydrogen-bond acceptors (Lipinski definition) is 2. The van der Waals surface area contributed by atoms with Crippen molar-refractivity contribution >= 4 is 11.8 Å². The molecule has 1 saturated carbocycles. The fraction of sp³-hybridized carbons (Fsp3) is 0.833. The van der Waals surface area contributed by atoms with Crippen LogP contribution in [0.25, 0.3) is 0 Å². The highest BCUT2D eigenvalue weighted by Gasteiger charge is 2.52. The summed E-state index contributed by atoms with van der Waals surface area (Å²) in [5.41, 5.74) is 0. The Kier molecular flexibility index (Phi) is 3.08. The Morgan fingerprint density at radius 3 is 2.13 bits per heavy atom. The van der Waals surface area contributed by atoms with Crippen LogP contribution in [-0.2, 0) is 9.59 Å². The lowest BCUT2D eigenvalue weighted by atomic mass is 9.76. The summed E-state index contributed by atoms with van der Waals surface area (Å²) in [6.07, 6.45) is 6.35. The molecule has 0 aromatic heterocycles. The fourth-order valence-corrected chi connectivity index (χ4v) is 2.52. The number of carbonyl (C=O) groups excluding carboxylic acids is 2. The topological polar surface area (TPSA) is 37.4 Å². The van der Waals surface area contributed by atoms with E-state index in [1.807, 2.05) is 0 Å². The molecule has 2 unspecified atom stereocenters. The van der Waals surface area contributed by atoms with Crippen LogP contribution >= 0.6 is 0 Å². The van der Waals surface area contributed by atoms with Crippen molar-refractivity contribution in [2.45, 2.75) is 45.4 Å². The number of imide groups is 1. The largest absolute Gasteiger partial charge is 0.282 e. The molecule has 0 radical (unpaired) electrons. The third kappa shape index (κ3) is 1.80. The molecule has 2 rings (SSSR count). The van der Waals surface area contributed by atoms with Gasteiger partial charge in [0, 0.05) is 6.54 Å². The molecule has 0 spiro atoms. The summed E-state index contributed by atoms with van der Waals surface area (Å²) in [5, 5.41) is 0. The van der Waals surface area contributed by atoms with E-state index >= 15 is 0 Å². The molecule has 3 nitrogen and oxygen atoms in total. The first kappa shape index (κ1) is 10.7. The smallest absolute Gasteiger partial charge is 0.233 e. The molecule has 2 atom stereocenters. The van der Waals surface area contributed by atoms with E-state index in [9.17, 15) is 9.59 Å². The highest BCUT2D eigenvalue weighted by atomic mass is 16.2. The van der Waals surface area contributed by atoms with Gasteiger partial charge in [0.25, 0.3) is 0 Å². The molecule has 0 aromatic carbocycles. The molecule has 2 aliphatic rings. The highest BCUT2D eigenvalue weighted by molar-refractivity contribution is 6.06. The molecular weight excluding hydrogens is 190 g/mol. The zero-order valence-electron chi connectivity index (χ0n) is 9.37. The van der Waals surface area contributed by atoms with Crippen LogP contribution in [0, 0.1) is 11.8 Å². The average molecular weight is 209 g/mol. The number of likely N-dealkylation sites (tertiary alicyclic amines) is 1. The van der Waals surface area contributed by atoms with Crippen LogP contribution in [-0.4, -0.2) is 23.3 Å². The molecule has 0 aromatic rings. The average Bonchev–Trinajstić information content (AvgIpc) is 2.29. The van der Waals surface area contributed by atoms with Crippen LogP contribution < -0.4 is 0 Å². The monoisotopic (exact) mass is 209 g/mol. The van der Waals surface area contributed by atoms with E-state index < -0.39 is 0 Å². The lowest BCUT2D eigenvalue weighted by molar-refractivity contribution is -0.139.